The molecule has 4 nitrogen and oxygen atoms in total. The van der Waals surface area contributed by atoms with Crippen LogP contribution in [0.15, 0.2) is 91.3 Å². The number of aromatic amines is 1. The van der Waals surface area contributed by atoms with Gasteiger partial charge in [0.2, 0.25) is 0 Å². The van der Waals surface area contributed by atoms with Crippen LogP contribution >= 0.6 is 0 Å². The first-order valence-corrected chi connectivity index (χ1v) is 10.7. The van der Waals surface area contributed by atoms with Gasteiger partial charge in [0.15, 0.2) is 5.78 Å². The lowest BCUT2D eigenvalue weighted by Crippen LogP contribution is -2.17. The second-order valence-corrected chi connectivity index (χ2v) is 7.93. The Kier molecular flexibility index (Phi) is 5.36. The molecule has 0 saturated carbocycles. The summed E-state index contributed by atoms with van der Waals surface area (Å²) in [6.45, 7) is 0. The standard InChI is InChI=1S/C27H24N2O2/c30-25-14-13-22(19-7-3-1-4-8-19)24-17-21(11-12-23(24)25)31-26(18-27-28-15-16-29-27)20-9-5-2-6-10-20/h1-12,15-17,22,26H,13-14,18H2,(H,28,29). The highest BCUT2D eigenvalue weighted by atomic mass is 16.5. The molecule has 1 N–H and O–H groups in total. The summed E-state index contributed by atoms with van der Waals surface area (Å²) < 4.78 is 6.49. The number of hydrogen-bond acceptors (Lipinski definition) is 3. The molecule has 2 atom stereocenters. The lowest BCUT2D eigenvalue weighted by Gasteiger charge is -2.27. The van der Waals surface area contributed by atoms with Crippen LogP contribution in [-0.4, -0.2) is 15.8 Å². The Morgan fingerprint density at radius 1 is 1.00 bits per heavy atom. The largest absolute Gasteiger partial charge is 0.485 e. The van der Waals surface area contributed by atoms with Crippen molar-refractivity contribution in [2.75, 3.05) is 0 Å². The fraction of sp³-hybridized carbons (Fsp3) is 0.185. The molecule has 0 bridgehead atoms. The predicted molar refractivity (Wildman–Crippen MR) is 120 cm³/mol. The van der Waals surface area contributed by atoms with Crippen LogP contribution in [0.1, 0.15) is 57.7 Å². The van der Waals surface area contributed by atoms with Gasteiger partial charge in [-0.25, -0.2) is 4.98 Å². The number of carbonyl (C=O) groups excluding carboxylic acids is 1. The first kappa shape index (κ1) is 19.3. The van der Waals surface area contributed by atoms with Crippen LogP contribution in [0.2, 0.25) is 0 Å². The lowest BCUT2D eigenvalue weighted by molar-refractivity contribution is 0.0969. The quantitative estimate of drug-likeness (QED) is 0.433. The van der Waals surface area contributed by atoms with Gasteiger partial charge < -0.3 is 9.72 Å². The smallest absolute Gasteiger partial charge is 0.163 e. The summed E-state index contributed by atoms with van der Waals surface area (Å²) in [5.41, 5.74) is 4.20. The van der Waals surface area contributed by atoms with E-state index in [4.69, 9.17) is 4.74 Å². The van der Waals surface area contributed by atoms with Gasteiger partial charge in [0.05, 0.1) is 0 Å². The van der Waals surface area contributed by atoms with Crippen molar-refractivity contribution in [1.82, 2.24) is 9.97 Å². The number of nitrogens with zero attached hydrogens (tertiary/aromatic N) is 1. The third kappa shape index (κ3) is 4.15. The molecule has 4 aromatic rings. The highest BCUT2D eigenvalue weighted by Crippen LogP contribution is 2.39. The van der Waals surface area contributed by atoms with Crippen LogP contribution < -0.4 is 4.74 Å². The fourth-order valence-electron chi connectivity index (χ4n) is 4.40. The van der Waals surface area contributed by atoms with Crippen molar-refractivity contribution in [2.45, 2.75) is 31.3 Å². The molecule has 2 unspecified atom stereocenters. The van der Waals surface area contributed by atoms with Gasteiger partial charge in [0, 0.05) is 36.7 Å². The first-order chi connectivity index (χ1) is 15.3. The summed E-state index contributed by atoms with van der Waals surface area (Å²) in [4.78, 5) is 20.1. The minimum absolute atomic E-state index is 0.181. The van der Waals surface area contributed by atoms with E-state index < -0.39 is 0 Å². The van der Waals surface area contributed by atoms with Crippen LogP contribution in [-0.2, 0) is 6.42 Å². The van der Waals surface area contributed by atoms with Crippen molar-refractivity contribution in [3.63, 3.8) is 0 Å². The van der Waals surface area contributed by atoms with E-state index in [1.807, 2.05) is 42.6 Å². The van der Waals surface area contributed by atoms with E-state index in [0.717, 1.165) is 34.7 Å². The molecule has 1 aromatic heterocycles. The molecule has 0 spiro atoms. The van der Waals surface area contributed by atoms with E-state index in [-0.39, 0.29) is 17.8 Å². The molecule has 3 aromatic carbocycles. The topological polar surface area (TPSA) is 55.0 Å². The number of ketones is 1. The summed E-state index contributed by atoms with van der Waals surface area (Å²) in [5.74, 6) is 2.07. The molecular weight excluding hydrogens is 384 g/mol. The van der Waals surface area contributed by atoms with Gasteiger partial charge >= 0.3 is 0 Å². The molecule has 1 heterocycles. The SMILES string of the molecule is O=C1CCC(c2ccccc2)c2cc(OC(Cc3ncc[nH]3)c3ccccc3)ccc21. The summed E-state index contributed by atoms with van der Waals surface area (Å²) >= 11 is 0. The number of imidazole rings is 1. The molecule has 1 aliphatic rings. The number of nitrogens with one attached hydrogen (secondary N) is 1. The van der Waals surface area contributed by atoms with Gasteiger partial charge in [0.25, 0.3) is 0 Å². The highest BCUT2D eigenvalue weighted by Gasteiger charge is 2.27. The van der Waals surface area contributed by atoms with Crippen LogP contribution in [0.4, 0.5) is 0 Å². The summed E-state index contributed by atoms with van der Waals surface area (Å²) in [5, 5.41) is 0. The van der Waals surface area contributed by atoms with Crippen molar-refractivity contribution in [3.8, 4) is 5.75 Å². The zero-order valence-corrected chi connectivity index (χ0v) is 17.2. The molecule has 4 heteroatoms. The van der Waals surface area contributed by atoms with E-state index in [0.29, 0.717) is 12.8 Å². The van der Waals surface area contributed by atoms with E-state index in [1.54, 1.807) is 6.20 Å². The van der Waals surface area contributed by atoms with Crippen LogP contribution in [0, 0.1) is 0 Å². The molecule has 0 fully saturated rings. The second kappa shape index (κ2) is 8.60. The Hall–Kier alpha value is -3.66. The molecule has 154 valence electrons. The molecule has 0 saturated heterocycles. The van der Waals surface area contributed by atoms with E-state index in [9.17, 15) is 4.79 Å². The Bertz CT molecular complexity index is 1150. The maximum atomic E-state index is 12.6. The monoisotopic (exact) mass is 408 g/mol. The predicted octanol–water partition coefficient (Wildman–Crippen LogP) is 5.88. The van der Waals surface area contributed by atoms with Gasteiger partial charge in [-0.1, -0.05) is 60.7 Å². The number of fused-ring (bicyclic) bond motifs is 1. The van der Waals surface area contributed by atoms with Crippen molar-refractivity contribution in [1.29, 1.82) is 0 Å². The minimum Gasteiger partial charge on any atom is -0.485 e. The lowest BCUT2D eigenvalue weighted by atomic mass is 9.78. The van der Waals surface area contributed by atoms with E-state index in [1.165, 1.54) is 5.56 Å². The zero-order chi connectivity index (χ0) is 21.0. The minimum atomic E-state index is -0.181. The highest BCUT2D eigenvalue weighted by molar-refractivity contribution is 5.99. The second-order valence-electron chi connectivity index (χ2n) is 7.93. The fourth-order valence-corrected chi connectivity index (χ4v) is 4.40. The third-order valence-electron chi connectivity index (χ3n) is 5.94. The number of hydrogen-bond donors (Lipinski definition) is 1. The number of Topliss-reactive ketones (excluding diaryl/α,β-unsaturated/α-hetero) is 1. The van der Waals surface area contributed by atoms with Crippen molar-refractivity contribution in [3.05, 3.63) is 119 Å². The molecule has 1 aliphatic carbocycles. The van der Waals surface area contributed by atoms with Gasteiger partial charge in [-0.3, -0.25) is 4.79 Å². The van der Waals surface area contributed by atoms with Crippen LogP contribution in [0.25, 0.3) is 0 Å². The number of rotatable bonds is 6. The van der Waals surface area contributed by atoms with Gasteiger partial charge in [-0.2, -0.15) is 0 Å². The third-order valence-corrected chi connectivity index (χ3v) is 5.94. The summed E-state index contributed by atoms with van der Waals surface area (Å²) in [6.07, 6.45) is 5.44. The van der Waals surface area contributed by atoms with Crippen molar-refractivity contribution < 1.29 is 9.53 Å². The number of carbonyl (C=O) groups is 1. The molecule has 0 aliphatic heterocycles. The number of ether oxygens (including phenoxy) is 1. The van der Waals surface area contributed by atoms with Crippen LogP contribution in [0.3, 0.4) is 0 Å². The average molecular weight is 409 g/mol. The molecular formula is C27H24N2O2. The maximum absolute atomic E-state index is 12.6. The molecule has 0 amide bonds. The Balaban J connectivity index is 1.49. The number of benzene rings is 3. The normalized spacial score (nSPS) is 16.5. The molecule has 31 heavy (non-hydrogen) atoms. The van der Waals surface area contributed by atoms with Crippen molar-refractivity contribution >= 4 is 5.78 Å². The van der Waals surface area contributed by atoms with E-state index >= 15 is 0 Å². The average Bonchev–Trinajstić information content (AvgIpc) is 3.33. The molecule has 0 radical (unpaired) electrons. The Morgan fingerprint density at radius 3 is 2.52 bits per heavy atom. The maximum Gasteiger partial charge on any atom is 0.163 e. The van der Waals surface area contributed by atoms with Crippen molar-refractivity contribution in [2.24, 2.45) is 0 Å². The number of aromatic nitrogens is 2. The Morgan fingerprint density at radius 2 is 1.77 bits per heavy atom. The number of H-pyrrole nitrogens is 1. The van der Waals surface area contributed by atoms with Gasteiger partial charge in [-0.05, 0) is 41.3 Å². The van der Waals surface area contributed by atoms with Gasteiger partial charge in [0.1, 0.15) is 17.7 Å². The summed E-state index contributed by atoms with van der Waals surface area (Å²) in [7, 11) is 0. The van der Waals surface area contributed by atoms with Gasteiger partial charge in [-0.15, -0.1) is 0 Å². The Labute approximate surface area is 181 Å². The summed E-state index contributed by atoms with van der Waals surface area (Å²) in [6, 6.07) is 26.5. The van der Waals surface area contributed by atoms with Crippen LogP contribution in [0.5, 0.6) is 5.75 Å². The zero-order valence-electron chi connectivity index (χ0n) is 17.2. The first-order valence-electron chi connectivity index (χ1n) is 10.7. The molecule has 5 rings (SSSR count). The van der Waals surface area contributed by atoms with E-state index in [2.05, 4.69) is 52.4 Å².